The van der Waals surface area contributed by atoms with Crippen molar-refractivity contribution in [3.05, 3.63) is 52.0 Å². The Morgan fingerprint density at radius 2 is 1.52 bits per heavy atom. The van der Waals surface area contributed by atoms with Gasteiger partial charge in [-0.2, -0.15) is 0 Å². The fourth-order valence-electron chi connectivity index (χ4n) is 2.98. The Kier molecular flexibility index (Phi) is 10.1. The van der Waals surface area contributed by atoms with E-state index in [1.807, 2.05) is 13.8 Å². The van der Waals surface area contributed by atoms with Gasteiger partial charge in [0.2, 0.25) is 5.91 Å². The van der Waals surface area contributed by atoms with Crippen LogP contribution in [0.5, 0.6) is 17.2 Å². The summed E-state index contributed by atoms with van der Waals surface area (Å²) in [7, 11) is 3.05. The molecule has 7 nitrogen and oxygen atoms in total. The van der Waals surface area contributed by atoms with E-state index < -0.39 is 11.9 Å². The van der Waals surface area contributed by atoms with Crippen LogP contribution in [-0.2, 0) is 16.1 Å². The largest absolute Gasteiger partial charge is 0.496 e. The third kappa shape index (κ3) is 7.72. The SMILES string of the molecule is COc1cc(OC)cc(OCC(=O)N(Cc2c(Cl)cccc2Cl)[C@H](C)C(=O)NCC(C)C)c1. The predicted molar refractivity (Wildman–Crippen MR) is 129 cm³/mol. The molecule has 2 rings (SSSR count). The van der Waals surface area contributed by atoms with E-state index in [2.05, 4.69) is 5.32 Å². The average molecular weight is 497 g/mol. The van der Waals surface area contributed by atoms with Gasteiger partial charge in [-0.25, -0.2) is 0 Å². The highest BCUT2D eigenvalue weighted by Gasteiger charge is 2.28. The van der Waals surface area contributed by atoms with Crippen molar-refractivity contribution in [3.8, 4) is 17.2 Å². The molecule has 9 heteroatoms. The fourth-order valence-corrected chi connectivity index (χ4v) is 3.50. The van der Waals surface area contributed by atoms with E-state index >= 15 is 0 Å². The Labute approximate surface area is 204 Å². The standard InChI is InChI=1S/C24H30Cl2N2O5/c1-15(2)12-27-24(30)16(3)28(13-20-21(25)7-6-8-22(20)26)23(29)14-33-19-10-17(31-4)9-18(11-19)32-5/h6-11,15-16H,12-14H2,1-5H3,(H,27,30)/t16-/m1/s1. The number of carbonyl (C=O) groups excluding carboxylic acids is 2. The summed E-state index contributed by atoms with van der Waals surface area (Å²) >= 11 is 12.6. The van der Waals surface area contributed by atoms with E-state index in [0.717, 1.165) is 0 Å². The average Bonchev–Trinajstić information content (AvgIpc) is 2.80. The number of hydrogen-bond acceptors (Lipinski definition) is 5. The molecule has 0 saturated carbocycles. The first-order valence-corrected chi connectivity index (χ1v) is 11.3. The number of hydrogen-bond donors (Lipinski definition) is 1. The Bertz CT molecular complexity index is 925. The zero-order valence-electron chi connectivity index (χ0n) is 19.5. The van der Waals surface area contributed by atoms with Crippen molar-refractivity contribution in [1.29, 1.82) is 0 Å². The number of ether oxygens (including phenoxy) is 3. The Morgan fingerprint density at radius 3 is 2.03 bits per heavy atom. The molecule has 2 aromatic carbocycles. The summed E-state index contributed by atoms with van der Waals surface area (Å²) in [6.07, 6.45) is 0. The number of benzene rings is 2. The zero-order valence-corrected chi connectivity index (χ0v) is 21.0. The lowest BCUT2D eigenvalue weighted by Gasteiger charge is -2.29. The maximum Gasteiger partial charge on any atom is 0.261 e. The number of halogens is 2. The lowest BCUT2D eigenvalue weighted by atomic mass is 10.1. The van der Waals surface area contributed by atoms with Crippen molar-refractivity contribution in [2.24, 2.45) is 5.92 Å². The first-order chi connectivity index (χ1) is 15.7. The molecule has 2 amide bonds. The minimum absolute atomic E-state index is 0.0540. The molecule has 0 heterocycles. The van der Waals surface area contributed by atoms with Crippen LogP contribution in [0.3, 0.4) is 0 Å². The van der Waals surface area contributed by atoms with E-state index in [1.54, 1.807) is 43.3 Å². The molecule has 180 valence electrons. The molecule has 0 aliphatic rings. The van der Waals surface area contributed by atoms with Crippen molar-refractivity contribution in [2.45, 2.75) is 33.4 Å². The molecule has 0 aromatic heterocycles. The Morgan fingerprint density at radius 1 is 0.970 bits per heavy atom. The Hall–Kier alpha value is -2.64. The first kappa shape index (κ1) is 26.6. The maximum atomic E-state index is 13.2. The van der Waals surface area contributed by atoms with Crippen LogP contribution in [0.15, 0.2) is 36.4 Å². The summed E-state index contributed by atoms with van der Waals surface area (Å²) in [6, 6.07) is 9.31. The van der Waals surface area contributed by atoms with Crippen molar-refractivity contribution < 1.29 is 23.8 Å². The topological polar surface area (TPSA) is 77.1 Å². The highest BCUT2D eigenvalue weighted by molar-refractivity contribution is 6.36. The van der Waals surface area contributed by atoms with Crippen LogP contribution in [0.1, 0.15) is 26.3 Å². The molecule has 0 bridgehead atoms. The van der Waals surface area contributed by atoms with E-state index in [-0.39, 0.29) is 25.0 Å². The monoisotopic (exact) mass is 496 g/mol. The molecule has 0 spiro atoms. The molecule has 0 aliphatic carbocycles. The van der Waals surface area contributed by atoms with Gasteiger partial charge < -0.3 is 24.4 Å². The van der Waals surface area contributed by atoms with Gasteiger partial charge in [-0.3, -0.25) is 9.59 Å². The summed E-state index contributed by atoms with van der Waals surface area (Å²) in [5.74, 6) is 1.04. The summed E-state index contributed by atoms with van der Waals surface area (Å²) in [6.45, 7) is 5.89. The van der Waals surface area contributed by atoms with Crippen molar-refractivity contribution >= 4 is 35.0 Å². The van der Waals surface area contributed by atoms with E-state index in [4.69, 9.17) is 37.4 Å². The van der Waals surface area contributed by atoms with Crippen LogP contribution in [0.25, 0.3) is 0 Å². The van der Waals surface area contributed by atoms with Crippen LogP contribution in [0.4, 0.5) is 0 Å². The Balaban J connectivity index is 2.24. The number of methoxy groups -OCH3 is 2. The molecule has 0 unspecified atom stereocenters. The van der Waals surface area contributed by atoms with Gasteiger partial charge in [0.15, 0.2) is 6.61 Å². The highest BCUT2D eigenvalue weighted by Crippen LogP contribution is 2.28. The van der Waals surface area contributed by atoms with Crippen molar-refractivity contribution in [2.75, 3.05) is 27.4 Å². The van der Waals surface area contributed by atoms with Crippen LogP contribution in [0, 0.1) is 5.92 Å². The van der Waals surface area contributed by atoms with Crippen LogP contribution >= 0.6 is 23.2 Å². The lowest BCUT2D eigenvalue weighted by Crippen LogP contribution is -2.49. The van der Waals surface area contributed by atoms with Crippen molar-refractivity contribution in [3.63, 3.8) is 0 Å². The summed E-state index contributed by atoms with van der Waals surface area (Å²) in [4.78, 5) is 27.4. The molecule has 0 aliphatic heterocycles. The summed E-state index contributed by atoms with van der Waals surface area (Å²) < 4.78 is 16.2. The first-order valence-electron chi connectivity index (χ1n) is 10.5. The highest BCUT2D eigenvalue weighted by atomic mass is 35.5. The van der Waals surface area contributed by atoms with Gasteiger partial charge in [0.05, 0.1) is 14.2 Å². The second kappa shape index (κ2) is 12.6. The predicted octanol–water partition coefficient (Wildman–Crippen LogP) is 4.58. The minimum Gasteiger partial charge on any atom is -0.496 e. The number of rotatable bonds is 11. The van der Waals surface area contributed by atoms with Gasteiger partial charge >= 0.3 is 0 Å². The summed E-state index contributed by atoms with van der Waals surface area (Å²) in [5, 5.41) is 3.68. The van der Waals surface area contributed by atoms with Gasteiger partial charge in [-0.05, 0) is 25.0 Å². The number of amides is 2. The van der Waals surface area contributed by atoms with Crippen LogP contribution in [0.2, 0.25) is 10.0 Å². The van der Waals surface area contributed by atoms with Gasteiger partial charge in [0.25, 0.3) is 5.91 Å². The number of nitrogens with one attached hydrogen (secondary N) is 1. The minimum atomic E-state index is -0.771. The molecular formula is C24H30Cl2N2O5. The van der Waals surface area contributed by atoms with Gasteiger partial charge in [0, 0.05) is 46.9 Å². The van der Waals surface area contributed by atoms with Crippen LogP contribution in [-0.4, -0.2) is 50.1 Å². The second-order valence-electron chi connectivity index (χ2n) is 7.87. The molecular weight excluding hydrogens is 467 g/mol. The molecule has 1 atom stereocenters. The van der Waals surface area contributed by atoms with E-state index in [1.165, 1.54) is 19.1 Å². The van der Waals surface area contributed by atoms with E-state index in [9.17, 15) is 9.59 Å². The van der Waals surface area contributed by atoms with Gasteiger partial charge in [-0.1, -0.05) is 43.1 Å². The van der Waals surface area contributed by atoms with Crippen LogP contribution < -0.4 is 19.5 Å². The number of carbonyl (C=O) groups is 2. The molecule has 0 radical (unpaired) electrons. The third-order valence-corrected chi connectivity index (χ3v) is 5.64. The van der Waals surface area contributed by atoms with Crippen molar-refractivity contribution in [1.82, 2.24) is 10.2 Å². The summed E-state index contributed by atoms with van der Waals surface area (Å²) in [5.41, 5.74) is 0.556. The molecule has 1 N–H and O–H groups in total. The normalized spacial score (nSPS) is 11.6. The van der Waals surface area contributed by atoms with Gasteiger partial charge in [-0.15, -0.1) is 0 Å². The molecule has 2 aromatic rings. The zero-order chi connectivity index (χ0) is 24.5. The molecule has 0 saturated heterocycles. The quantitative estimate of drug-likeness (QED) is 0.492. The fraction of sp³-hybridized carbons (Fsp3) is 0.417. The lowest BCUT2D eigenvalue weighted by molar-refractivity contribution is -0.142. The third-order valence-electron chi connectivity index (χ3n) is 4.93. The maximum absolute atomic E-state index is 13.2. The van der Waals surface area contributed by atoms with E-state index in [0.29, 0.717) is 39.4 Å². The molecule has 33 heavy (non-hydrogen) atoms. The number of nitrogens with zero attached hydrogens (tertiary/aromatic N) is 1. The van der Waals surface area contributed by atoms with Gasteiger partial charge in [0.1, 0.15) is 23.3 Å². The second-order valence-corrected chi connectivity index (χ2v) is 8.69. The molecule has 0 fully saturated rings. The smallest absolute Gasteiger partial charge is 0.261 e.